The maximum atomic E-state index is 10.3. The van der Waals surface area contributed by atoms with E-state index < -0.39 is 5.97 Å². The first kappa shape index (κ1) is 7.71. The summed E-state index contributed by atoms with van der Waals surface area (Å²) >= 11 is 0. The molecule has 1 aromatic heterocycles. The zero-order valence-corrected chi connectivity index (χ0v) is 6.19. The number of hydrogen-bond donors (Lipinski definition) is 1. The fourth-order valence-electron chi connectivity index (χ4n) is 0.815. The molecule has 60 valence electrons. The van der Waals surface area contributed by atoms with Crippen molar-refractivity contribution in [3.8, 4) is 0 Å². The molecule has 0 aromatic carbocycles. The van der Waals surface area contributed by atoms with Gasteiger partial charge in [-0.3, -0.25) is 4.79 Å². The lowest BCUT2D eigenvalue weighted by molar-refractivity contribution is -0.136. The molecule has 0 saturated carbocycles. The van der Waals surface area contributed by atoms with Crippen LogP contribution in [0.4, 0.5) is 0 Å². The summed E-state index contributed by atoms with van der Waals surface area (Å²) in [5.74, 6) is -0.382. The molecule has 0 aliphatic rings. The summed E-state index contributed by atoms with van der Waals surface area (Å²) in [7, 11) is 0. The molecule has 11 heavy (non-hydrogen) atoms. The van der Waals surface area contributed by atoms with E-state index in [0.29, 0.717) is 12.4 Å². The minimum Gasteiger partial charge on any atom is -0.481 e. The van der Waals surface area contributed by atoms with Crippen molar-refractivity contribution >= 4 is 5.97 Å². The molecule has 0 aliphatic carbocycles. The summed E-state index contributed by atoms with van der Waals surface area (Å²) in [6, 6.07) is 0. The highest BCUT2D eigenvalue weighted by molar-refractivity contribution is 5.68. The van der Waals surface area contributed by atoms with E-state index in [0.717, 1.165) is 0 Å². The highest BCUT2D eigenvalue weighted by Gasteiger charge is 2.06. The van der Waals surface area contributed by atoms with Gasteiger partial charge in [-0.25, -0.2) is 0 Å². The van der Waals surface area contributed by atoms with E-state index in [1.807, 2.05) is 6.92 Å². The molecule has 0 bridgehead atoms. The molecule has 0 spiro atoms. The minimum atomic E-state index is -0.882. The van der Waals surface area contributed by atoms with Crippen LogP contribution in [0.2, 0.25) is 0 Å². The van der Waals surface area contributed by atoms with Crippen LogP contribution in [0.25, 0.3) is 0 Å². The van der Waals surface area contributed by atoms with E-state index in [2.05, 4.69) is 10.2 Å². The number of aryl methyl sites for hydroxylation is 1. The van der Waals surface area contributed by atoms with Crippen molar-refractivity contribution in [2.45, 2.75) is 19.9 Å². The third-order valence-electron chi connectivity index (χ3n) is 1.35. The first-order valence-corrected chi connectivity index (χ1v) is 3.32. The van der Waals surface area contributed by atoms with E-state index in [9.17, 15) is 4.79 Å². The number of carboxylic acid groups (broad SMARTS) is 1. The molecule has 1 heterocycles. The van der Waals surface area contributed by atoms with E-state index in [4.69, 9.17) is 5.11 Å². The van der Waals surface area contributed by atoms with E-state index >= 15 is 0 Å². The van der Waals surface area contributed by atoms with Crippen LogP contribution in [-0.2, 0) is 17.8 Å². The summed E-state index contributed by atoms with van der Waals surface area (Å²) in [6.07, 6.45) is 1.46. The molecule has 0 aliphatic heterocycles. The summed E-state index contributed by atoms with van der Waals surface area (Å²) in [5, 5.41) is 15.7. The highest BCUT2D eigenvalue weighted by Crippen LogP contribution is 1.95. The Morgan fingerprint density at radius 2 is 2.55 bits per heavy atom. The maximum Gasteiger partial charge on any atom is 0.311 e. The second kappa shape index (κ2) is 3.14. The van der Waals surface area contributed by atoms with Gasteiger partial charge in [0.1, 0.15) is 18.6 Å². The van der Waals surface area contributed by atoms with Crippen LogP contribution in [0, 0.1) is 0 Å². The van der Waals surface area contributed by atoms with Crippen molar-refractivity contribution in [2.24, 2.45) is 0 Å². The van der Waals surface area contributed by atoms with Gasteiger partial charge in [0.05, 0.1) is 0 Å². The van der Waals surface area contributed by atoms with Gasteiger partial charge in [0.2, 0.25) is 0 Å². The van der Waals surface area contributed by atoms with Crippen molar-refractivity contribution in [2.75, 3.05) is 0 Å². The van der Waals surface area contributed by atoms with E-state index in [1.165, 1.54) is 6.33 Å². The van der Waals surface area contributed by atoms with Gasteiger partial charge < -0.3 is 9.67 Å². The van der Waals surface area contributed by atoms with Crippen LogP contribution in [0.1, 0.15) is 12.7 Å². The maximum absolute atomic E-state index is 10.3. The zero-order valence-electron chi connectivity index (χ0n) is 6.19. The zero-order chi connectivity index (χ0) is 8.27. The standard InChI is InChI=1S/C6H9N3O2/c1-2-9-4-7-8-5(9)3-6(10)11/h4H,2-3H2,1H3,(H,10,11). The Kier molecular flexibility index (Phi) is 2.20. The lowest BCUT2D eigenvalue weighted by atomic mass is 10.4. The summed E-state index contributed by atoms with van der Waals surface area (Å²) in [5.41, 5.74) is 0. The highest BCUT2D eigenvalue weighted by atomic mass is 16.4. The SMILES string of the molecule is CCn1cnnc1CC(=O)O. The Hall–Kier alpha value is -1.39. The fraction of sp³-hybridized carbons (Fsp3) is 0.500. The quantitative estimate of drug-likeness (QED) is 0.663. The van der Waals surface area contributed by atoms with Crippen LogP contribution in [0.15, 0.2) is 6.33 Å². The molecule has 5 heteroatoms. The molecule has 1 aromatic rings. The van der Waals surface area contributed by atoms with Crippen LogP contribution in [-0.4, -0.2) is 25.8 Å². The Bertz CT molecular complexity index is 256. The average Bonchev–Trinajstić information content (AvgIpc) is 2.34. The summed E-state index contributed by atoms with van der Waals surface area (Å²) in [6.45, 7) is 2.62. The smallest absolute Gasteiger partial charge is 0.311 e. The lowest BCUT2D eigenvalue weighted by Gasteiger charge is -1.97. The molecule has 1 N–H and O–H groups in total. The number of rotatable bonds is 3. The minimum absolute atomic E-state index is 0.0617. The number of carbonyl (C=O) groups is 1. The van der Waals surface area contributed by atoms with Crippen molar-refractivity contribution in [1.29, 1.82) is 0 Å². The van der Waals surface area contributed by atoms with Crippen molar-refractivity contribution in [1.82, 2.24) is 14.8 Å². The first-order valence-electron chi connectivity index (χ1n) is 3.32. The molecule has 0 amide bonds. The molecule has 5 nitrogen and oxygen atoms in total. The summed E-state index contributed by atoms with van der Waals surface area (Å²) in [4.78, 5) is 10.3. The number of aromatic nitrogens is 3. The van der Waals surface area contributed by atoms with Gasteiger partial charge in [-0.05, 0) is 6.92 Å². The van der Waals surface area contributed by atoms with Crippen molar-refractivity contribution in [3.63, 3.8) is 0 Å². The molecular formula is C6H9N3O2. The third-order valence-corrected chi connectivity index (χ3v) is 1.35. The van der Waals surface area contributed by atoms with E-state index in [-0.39, 0.29) is 6.42 Å². The number of hydrogen-bond acceptors (Lipinski definition) is 3. The summed E-state index contributed by atoms with van der Waals surface area (Å²) < 4.78 is 1.70. The predicted octanol–water partition coefficient (Wildman–Crippen LogP) is -0.0749. The van der Waals surface area contributed by atoms with Gasteiger partial charge in [0, 0.05) is 6.54 Å². The Morgan fingerprint density at radius 1 is 1.82 bits per heavy atom. The molecule has 0 radical (unpaired) electrons. The van der Waals surface area contributed by atoms with Gasteiger partial charge in [-0.15, -0.1) is 10.2 Å². The topological polar surface area (TPSA) is 68.0 Å². The van der Waals surface area contributed by atoms with Crippen LogP contribution >= 0.6 is 0 Å². The van der Waals surface area contributed by atoms with Gasteiger partial charge in [-0.1, -0.05) is 0 Å². The second-order valence-electron chi connectivity index (χ2n) is 2.10. The van der Waals surface area contributed by atoms with Crippen LogP contribution in [0.5, 0.6) is 0 Å². The van der Waals surface area contributed by atoms with Gasteiger partial charge in [0.25, 0.3) is 0 Å². The Morgan fingerprint density at radius 3 is 3.09 bits per heavy atom. The Balaban J connectivity index is 2.76. The van der Waals surface area contributed by atoms with Gasteiger partial charge >= 0.3 is 5.97 Å². The third kappa shape index (κ3) is 1.76. The molecule has 1 rings (SSSR count). The van der Waals surface area contributed by atoms with Gasteiger partial charge in [-0.2, -0.15) is 0 Å². The van der Waals surface area contributed by atoms with Crippen LogP contribution in [0.3, 0.4) is 0 Å². The van der Waals surface area contributed by atoms with Crippen molar-refractivity contribution < 1.29 is 9.90 Å². The number of carboxylic acids is 1. The van der Waals surface area contributed by atoms with E-state index in [1.54, 1.807) is 4.57 Å². The largest absolute Gasteiger partial charge is 0.481 e. The normalized spacial score (nSPS) is 9.91. The molecule has 0 saturated heterocycles. The first-order chi connectivity index (χ1) is 5.24. The molecular weight excluding hydrogens is 146 g/mol. The van der Waals surface area contributed by atoms with Crippen LogP contribution < -0.4 is 0 Å². The molecule has 0 atom stereocenters. The average molecular weight is 155 g/mol. The fourth-order valence-corrected chi connectivity index (χ4v) is 0.815. The van der Waals surface area contributed by atoms with Crippen molar-refractivity contribution in [3.05, 3.63) is 12.2 Å². The monoisotopic (exact) mass is 155 g/mol. The molecule has 0 fully saturated rings. The predicted molar refractivity (Wildman–Crippen MR) is 37.0 cm³/mol. The molecule has 0 unspecified atom stereocenters. The lowest BCUT2D eigenvalue weighted by Crippen LogP contribution is -2.07. The van der Waals surface area contributed by atoms with Gasteiger partial charge in [0.15, 0.2) is 0 Å². The number of nitrogens with zero attached hydrogens (tertiary/aromatic N) is 3. The Labute approximate surface area is 63.7 Å². The number of aliphatic carboxylic acids is 1. The second-order valence-corrected chi connectivity index (χ2v) is 2.10.